The van der Waals surface area contributed by atoms with E-state index in [2.05, 4.69) is 29.3 Å². The van der Waals surface area contributed by atoms with Crippen LogP contribution in [0.15, 0.2) is 107 Å². The molecule has 0 N–H and O–H groups in total. The maximum absolute atomic E-state index is 13.3. The first-order valence-corrected chi connectivity index (χ1v) is 27.7. The summed E-state index contributed by atoms with van der Waals surface area (Å²) in [5.41, 5.74) is 2.30. The van der Waals surface area contributed by atoms with Crippen LogP contribution in [0.2, 0.25) is 0 Å². The Morgan fingerprint density at radius 2 is 1.12 bits per heavy atom. The van der Waals surface area contributed by atoms with Crippen LogP contribution < -0.4 is 18.9 Å². The van der Waals surface area contributed by atoms with E-state index < -0.39 is 22.8 Å². The third kappa shape index (κ3) is 24.3. The minimum absolute atomic E-state index is 0.0234. The molecular formula is C63H83N3O11. The topological polar surface area (TPSA) is 181 Å². The lowest BCUT2D eigenvalue weighted by atomic mass is 9.72. The van der Waals surface area contributed by atoms with Crippen molar-refractivity contribution >= 4 is 41.3 Å². The zero-order valence-electron chi connectivity index (χ0n) is 46.6. The van der Waals surface area contributed by atoms with E-state index in [1.807, 2.05) is 70.2 Å². The van der Waals surface area contributed by atoms with Gasteiger partial charge in [-0.05, 0) is 175 Å². The van der Waals surface area contributed by atoms with E-state index in [1.54, 1.807) is 48.5 Å². The van der Waals surface area contributed by atoms with Gasteiger partial charge in [-0.2, -0.15) is 15.5 Å². The summed E-state index contributed by atoms with van der Waals surface area (Å²) in [7, 11) is 1.46. The normalized spacial score (nSPS) is 12.2. The number of azo groups is 1. The highest BCUT2D eigenvalue weighted by Gasteiger charge is 2.43. The molecule has 14 nitrogen and oxygen atoms in total. The van der Waals surface area contributed by atoms with Gasteiger partial charge in [0.1, 0.15) is 18.1 Å². The molecule has 0 aliphatic rings. The molecule has 0 heterocycles. The monoisotopic (exact) mass is 1060 g/mol. The summed E-state index contributed by atoms with van der Waals surface area (Å²) in [5.74, 6) is 0.328. The summed E-state index contributed by atoms with van der Waals surface area (Å²) in [5, 5.41) is 17.3. The van der Waals surface area contributed by atoms with Crippen LogP contribution in [-0.2, 0) is 35.0 Å². The van der Waals surface area contributed by atoms with Gasteiger partial charge in [0.15, 0.2) is 11.5 Å². The van der Waals surface area contributed by atoms with Crippen molar-refractivity contribution in [2.75, 3.05) is 40.1 Å². The minimum atomic E-state index is -0.831. The van der Waals surface area contributed by atoms with E-state index in [-0.39, 0.29) is 30.7 Å². The molecule has 416 valence electrons. The SMILES string of the molecule is CCCCCc1ccc(/N=N/c2ccc(OCCCCCCOC(=O)C(C)(CC)CC(C)(C)C(=O)OCCCCCCCCCCOc3ccc(C(=O)Oc4ccc(/C=C/C(=O)OCCC#N)cc4OC)cc3)cc2)cc1. The first kappa shape index (κ1) is 62.5. The van der Waals surface area contributed by atoms with Crippen LogP contribution in [0.3, 0.4) is 0 Å². The van der Waals surface area contributed by atoms with Crippen LogP contribution in [0.1, 0.15) is 172 Å². The molecule has 4 rings (SSSR count). The summed E-state index contributed by atoms with van der Waals surface area (Å²) in [6.07, 6.45) is 20.3. The maximum atomic E-state index is 13.3. The Bertz CT molecular complexity index is 2480. The fourth-order valence-corrected chi connectivity index (χ4v) is 8.45. The first-order valence-electron chi connectivity index (χ1n) is 27.7. The van der Waals surface area contributed by atoms with E-state index in [1.165, 1.54) is 38.0 Å². The highest BCUT2D eigenvalue weighted by Crippen LogP contribution is 2.39. The first-order chi connectivity index (χ1) is 37.3. The molecule has 0 bridgehead atoms. The molecule has 0 amide bonds. The van der Waals surface area contributed by atoms with Crippen LogP contribution in [0.4, 0.5) is 11.4 Å². The second kappa shape index (κ2) is 35.3. The van der Waals surface area contributed by atoms with Crippen LogP contribution >= 0.6 is 0 Å². The second-order valence-electron chi connectivity index (χ2n) is 20.2. The summed E-state index contributed by atoms with van der Waals surface area (Å²) in [6.45, 7) is 11.7. The van der Waals surface area contributed by atoms with Crippen LogP contribution in [-0.4, -0.2) is 64.0 Å². The number of carbonyl (C=O) groups is 4. The average molecular weight is 1060 g/mol. The molecule has 0 saturated heterocycles. The van der Waals surface area contributed by atoms with Crippen molar-refractivity contribution in [2.24, 2.45) is 21.1 Å². The number of unbranched alkanes of at least 4 members (excludes halogenated alkanes) is 12. The Kier molecular flexibility index (Phi) is 28.7. The van der Waals surface area contributed by atoms with Gasteiger partial charge in [-0.1, -0.05) is 83.4 Å². The van der Waals surface area contributed by atoms with Crippen molar-refractivity contribution in [1.29, 1.82) is 5.26 Å². The van der Waals surface area contributed by atoms with Crippen molar-refractivity contribution in [3.63, 3.8) is 0 Å². The summed E-state index contributed by atoms with van der Waals surface area (Å²) < 4.78 is 39.2. The van der Waals surface area contributed by atoms with Crippen molar-refractivity contribution in [3.05, 3.63) is 114 Å². The molecule has 0 aliphatic carbocycles. The largest absolute Gasteiger partial charge is 0.494 e. The number of methoxy groups -OCH3 is 1. The molecule has 4 aromatic rings. The number of benzene rings is 4. The van der Waals surface area contributed by atoms with Gasteiger partial charge < -0.3 is 33.2 Å². The predicted octanol–water partition coefficient (Wildman–Crippen LogP) is 15.6. The standard InChI is InChI=1S/C63H83N3O11/c1-7-9-18-24-49-25-31-52(32-26-49)65-66-53-33-37-55(38-34-53)73-43-20-16-17-22-45-76-61(70)63(5,8-2)48-62(3,4)60(69)75-44-21-15-13-11-10-12-14-19-42-72-54-35-29-51(30-36-54)59(68)77-56-39-27-50(47-57(56)71-6)28-40-58(67)74-46-23-41-64/h25-40,47H,7-24,42-46,48H2,1-6H3/b40-28+,66-65+. The Hall–Kier alpha value is -7.01. The Balaban J connectivity index is 0.986. The lowest BCUT2D eigenvalue weighted by molar-refractivity contribution is -0.163. The van der Waals surface area contributed by atoms with Crippen molar-refractivity contribution in [2.45, 2.75) is 157 Å². The maximum Gasteiger partial charge on any atom is 0.343 e. The van der Waals surface area contributed by atoms with E-state index in [0.29, 0.717) is 61.9 Å². The number of nitriles is 1. The number of ether oxygens (including phenoxy) is 7. The number of nitrogens with zero attached hydrogens (tertiary/aromatic N) is 3. The van der Waals surface area contributed by atoms with E-state index in [9.17, 15) is 19.2 Å². The van der Waals surface area contributed by atoms with Gasteiger partial charge in [0, 0.05) is 6.08 Å². The number of hydrogen-bond donors (Lipinski definition) is 0. The van der Waals surface area contributed by atoms with Crippen molar-refractivity contribution < 1.29 is 52.3 Å². The zero-order chi connectivity index (χ0) is 55.6. The second-order valence-corrected chi connectivity index (χ2v) is 20.2. The smallest absolute Gasteiger partial charge is 0.343 e. The fraction of sp³-hybridized carbons (Fsp3) is 0.508. The van der Waals surface area contributed by atoms with E-state index in [0.717, 1.165) is 101 Å². The summed E-state index contributed by atoms with van der Waals surface area (Å²) in [6, 6.07) is 29.5. The zero-order valence-corrected chi connectivity index (χ0v) is 46.6. The average Bonchev–Trinajstić information content (AvgIpc) is 3.44. The molecule has 1 atom stereocenters. The Morgan fingerprint density at radius 3 is 1.66 bits per heavy atom. The van der Waals surface area contributed by atoms with E-state index >= 15 is 0 Å². The molecule has 0 spiro atoms. The molecule has 1 unspecified atom stereocenters. The number of esters is 4. The lowest BCUT2D eigenvalue weighted by Crippen LogP contribution is -2.38. The number of rotatable bonds is 38. The molecular weight excluding hydrogens is 975 g/mol. The summed E-state index contributed by atoms with van der Waals surface area (Å²) in [4.78, 5) is 51.1. The Labute approximate surface area is 457 Å². The van der Waals surface area contributed by atoms with Gasteiger partial charge in [-0.15, -0.1) is 0 Å². The van der Waals surface area contributed by atoms with E-state index in [4.69, 9.17) is 38.4 Å². The van der Waals surface area contributed by atoms with Crippen molar-refractivity contribution in [3.8, 4) is 29.1 Å². The van der Waals surface area contributed by atoms with Gasteiger partial charge in [0.25, 0.3) is 0 Å². The highest BCUT2D eigenvalue weighted by atomic mass is 16.6. The molecule has 0 aliphatic heterocycles. The van der Waals surface area contributed by atoms with Gasteiger partial charge in [0.2, 0.25) is 0 Å². The Morgan fingerprint density at radius 1 is 0.584 bits per heavy atom. The van der Waals surface area contributed by atoms with Gasteiger partial charge in [0.05, 0.1) is 73.8 Å². The molecule has 0 radical (unpaired) electrons. The molecule has 14 heteroatoms. The van der Waals surface area contributed by atoms with Gasteiger partial charge in [-0.25, -0.2) is 9.59 Å². The highest BCUT2D eigenvalue weighted by molar-refractivity contribution is 5.91. The third-order valence-electron chi connectivity index (χ3n) is 13.2. The molecule has 4 aromatic carbocycles. The summed E-state index contributed by atoms with van der Waals surface area (Å²) >= 11 is 0. The predicted molar refractivity (Wildman–Crippen MR) is 300 cm³/mol. The minimum Gasteiger partial charge on any atom is -0.494 e. The number of aryl methyl sites for hydroxylation is 1. The molecule has 0 fully saturated rings. The molecule has 77 heavy (non-hydrogen) atoms. The fourth-order valence-electron chi connectivity index (χ4n) is 8.45. The quantitative estimate of drug-likeness (QED) is 0.0104. The van der Waals surface area contributed by atoms with Crippen LogP contribution in [0.5, 0.6) is 23.0 Å². The molecule has 0 aromatic heterocycles. The van der Waals surface area contributed by atoms with Crippen molar-refractivity contribution in [1.82, 2.24) is 0 Å². The third-order valence-corrected chi connectivity index (χ3v) is 13.2. The van der Waals surface area contributed by atoms with Gasteiger partial charge in [-0.3, -0.25) is 9.59 Å². The molecule has 0 saturated carbocycles. The lowest BCUT2D eigenvalue weighted by Gasteiger charge is -2.33. The number of carbonyl (C=O) groups excluding carboxylic acids is 4. The van der Waals surface area contributed by atoms with Crippen LogP contribution in [0, 0.1) is 22.2 Å². The van der Waals surface area contributed by atoms with Gasteiger partial charge >= 0.3 is 23.9 Å². The van der Waals surface area contributed by atoms with Crippen LogP contribution in [0.25, 0.3) is 6.08 Å². The number of hydrogen-bond acceptors (Lipinski definition) is 14.